The maximum atomic E-state index is 9.42. The predicted molar refractivity (Wildman–Crippen MR) is 69.9 cm³/mol. The van der Waals surface area contributed by atoms with Gasteiger partial charge in [0.2, 0.25) is 0 Å². The van der Waals surface area contributed by atoms with Crippen molar-refractivity contribution in [1.82, 2.24) is 0 Å². The van der Waals surface area contributed by atoms with Crippen molar-refractivity contribution in [2.45, 2.75) is 9.79 Å². The molecule has 0 fully saturated rings. The molecule has 0 aromatic heterocycles. The van der Waals surface area contributed by atoms with E-state index in [0.29, 0.717) is 11.3 Å². The first-order chi connectivity index (χ1) is 8.72. The van der Waals surface area contributed by atoms with Crippen LogP contribution in [0.1, 0.15) is 5.56 Å². The van der Waals surface area contributed by atoms with Gasteiger partial charge in [0.1, 0.15) is 17.6 Å². The van der Waals surface area contributed by atoms with Crippen LogP contribution >= 0.6 is 11.8 Å². The average molecular weight is 257 g/mol. The highest BCUT2D eigenvalue weighted by Gasteiger charge is 2.06. The van der Waals surface area contributed by atoms with Crippen LogP contribution in [-0.4, -0.2) is 12.2 Å². The van der Waals surface area contributed by atoms with Gasteiger partial charge in [0, 0.05) is 9.79 Å². The molecule has 1 N–H and O–H groups in total. The largest absolute Gasteiger partial charge is 0.508 e. The maximum absolute atomic E-state index is 9.42. The van der Waals surface area contributed by atoms with Crippen LogP contribution in [0.4, 0.5) is 0 Å². The molecule has 0 saturated heterocycles. The first kappa shape index (κ1) is 12.3. The molecular weight excluding hydrogens is 246 g/mol. The van der Waals surface area contributed by atoms with E-state index in [1.807, 2.05) is 12.1 Å². The summed E-state index contributed by atoms with van der Waals surface area (Å²) in [5.74, 6) is 0.915. The molecule has 90 valence electrons. The Morgan fingerprint density at radius 2 is 2.06 bits per heavy atom. The number of aromatic hydroxyl groups is 1. The van der Waals surface area contributed by atoms with E-state index in [1.54, 1.807) is 37.4 Å². The van der Waals surface area contributed by atoms with Gasteiger partial charge >= 0.3 is 0 Å². The minimum atomic E-state index is 0.210. The number of methoxy groups -OCH3 is 1. The van der Waals surface area contributed by atoms with Gasteiger partial charge in [-0.2, -0.15) is 5.26 Å². The monoisotopic (exact) mass is 257 g/mol. The zero-order chi connectivity index (χ0) is 13.0. The van der Waals surface area contributed by atoms with Gasteiger partial charge in [-0.15, -0.1) is 0 Å². The topological polar surface area (TPSA) is 53.2 Å². The summed E-state index contributed by atoms with van der Waals surface area (Å²) in [5, 5.41) is 18.5. The molecule has 0 radical (unpaired) electrons. The Labute approximate surface area is 110 Å². The standard InChI is InChI=1S/C14H11NO2S/c1-17-12-6-5-10(9-15)14(8-12)18-13-4-2-3-11(16)7-13/h2-8,16H,1H3. The number of rotatable bonds is 3. The third-order valence-electron chi connectivity index (χ3n) is 2.35. The van der Waals surface area contributed by atoms with Crippen LogP contribution in [0.2, 0.25) is 0 Å². The fourth-order valence-electron chi connectivity index (χ4n) is 1.48. The molecule has 0 aliphatic heterocycles. The Balaban J connectivity index is 2.36. The van der Waals surface area contributed by atoms with Gasteiger partial charge in [0.25, 0.3) is 0 Å². The summed E-state index contributed by atoms with van der Waals surface area (Å²) in [6, 6.07) is 14.4. The van der Waals surface area contributed by atoms with Crippen molar-refractivity contribution in [2.24, 2.45) is 0 Å². The van der Waals surface area contributed by atoms with Gasteiger partial charge in [-0.3, -0.25) is 0 Å². The molecule has 0 atom stereocenters. The highest BCUT2D eigenvalue weighted by molar-refractivity contribution is 7.99. The summed E-state index contributed by atoms with van der Waals surface area (Å²) in [6.07, 6.45) is 0. The highest BCUT2D eigenvalue weighted by atomic mass is 32.2. The van der Waals surface area contributed by atoms with Gasteiger partial charge in [-0.25, -0.2) is 0 Å². The number of nitrogens with zero attached hydrogens (tertiary/aromatic N) is 1. The van der Waals surface area contributed by atoms with E-state index in [4.69, 9.17) is 10.00 Å². The minimum absolute atomic E-state index is 0.210. The molecule has 4 heteroatoms. The Kier molecular flexibility index (Phi) is 3.75. The van der Waals surface area contributed by atoms with Crippen LogP contribution < -0.4 is 4.74 Å². The number of hydrogen-bond donors (Lipinski definition) is 1. The van der Waals surface area contributed by atoms with Crippen LogP contribution in [0.3, 0.4) is 0 Å². The molecule has 2 aromatic carbocycles. The first-order valence-corrected chi connectivity index (χ1v) is 6.09. The lowest BCUT2D eigenvalue weighted by Gasteiger charge is -2.06. The molecule has 2 aromatic rings. The first-order valence-electron chi connectivity index (χ1n) is 5.28. The molecule has 0 spiro atoms. The average Bonchev–Trinajstić information content (AvgIpc) is 2.38. The van der Waals surface area contributed by atoms with Crippen molar-refractivity contribution in [1.29, 1.82) is 5.26 Å². The van der Waals surface area contributed by atoms with E-state index in [1.165, 1.54) is 11.8 Å². The van der Waals surface area contributed by atoms with Gasteiger partial charge in [0.05, 0.1) is 12.7 Å². The molecule has 0 aliphatic rings. The Morgan fingerprint density at radius 1 is 1.22 bits per heavy atom. The molecule has 0 saturated carbocycles. The number of benzene rings is 2. The fourth-order valence-corrected chi connectivity index (χ4v) is 2.46. The number of nitriles is 1. The van der Waals surface area contributed by atoms with Crippen molar-refractivity contribution < 1.29 is 9.84 Å². The molecule has 0 amide bonds. The second-order valence-corrected chi connectivity index (χ2v) is 4.69. The van der Waals surface area contributed by atoms with Crippen molar-refractivity contribution >= 4 is 11.8 Å². The van der Waals surface area contributed by atoms with Crippen LogP contribution in [0.5, 0.6) is 11.5 Å². The molecule has 0 heterocycles. The van der Waals surface area contributed by atoms with E-state index in [9.17, 15) is 5.11 Å². The second-order valence-electron chi connectivity index (χ2n) is 3.57. The third-order valence-corrected chi connectivity index (χ3v) is 3.40. The Hall–Kier alpha value is -2.12. The van der Waals surface area contributed by atoms with Crippen LogP contribution in [-0.2, 0) is 0 Å². The van der Waals surface area contributed by atoms with Crippen molar-refractivity contribution in [2.75, 3.05) is 7.11 Å². The van der Waals surface area contributed by atoms with E-state index in [2.05, 4.69) is 6.07 Å². The lowest BCUT2D eigenvalue weighted by Crippen LogP contribution is -1.86. The molecule has 2 rings (SSSR count). The summed E-state index contributed by atoms with van der Waals surface area (Å²) in [5.41, 5.74) is 0.587. The number of phenols is 1. The Morgan fingerprint density at radius 3 is 2.72 bits per heavy atom. The summed E-state index contributed by atoms with van der Waals surface area (Å²) < 4.78 is 5.14. The van der Waals surface area contributed by atoms with E-state index in [0.717, 1.165) is 9.79 Å². The van der Waals surface area contributed by atoms with Crippen LogP contribution in [0.15, 0.2) is 52.3 Å². The van der Waals surface area contributed by atoms with E-state index >= 15 is 0 Å². The van der Waals surface area contributed by atoms with Crippen LogP contribution in [0.25, 0.3) is 0 Å². The third kappa shape index (κ3) is 2.76. The molecule has 0 aliphatic carbocycles. The molecule has 18 heavy (non-hydrogen) atoms. The van der Waals surface area contributed by atoms with Gasteiger partial charge in [-0.1, -0.05) is 17.8 Å². The SMILES string of the molecule is COc1ccc(C#N)c(Sc2cccc(O)c2)c1. The van der Waals surface area contributed by atoms with Crippen LogP contribution in [0, 0.1) is 11.3 Å². The van der Waals surface area contributed by atoms with E-state index < -0.39 is 0 Å². The van der Waals surface area contributed by atoms with Crippen molar-refractivity contribution in [3.05, 3.63) is 48.0 Å². The van der Waals surface area contributed by atoms with E-state index in [-0.39, 0.29) is 5.75 Å². The summed E-state index contributed by atoms with van der Waals surface area (Å²) in [4.78, 5) is 1.68. The van der Waals surface area contributed by atoms with Crippen molar-refractivity contribution in [3.8, 4) is 17.6 Å². The zero-order valence-corrected chi connectivity index (χ0v) is 10.6. The summed E-state index contributed by atoms with van der Waals surface area (Å²) in [6.45, 7) is 0. The summed E-state index contributed by atoms with van der Waals surface area (Å²) >= 11 is 1.42. The van der Waals surface area contributed by atoms with Gasteiger partial charge < -0.3 is 9.84 Å². The number of ether oxygens (including phenoxy) is 1. The number of phenolic OH excluding ortho intramolecular Hbond substituents is 1. The highest BCUT2D eigenvalue weighted by Crippen LogP contribution is 2.34. The molecule has 3 nitrogen and oxygen atoms in total. The molecule has 0 unspecified atom stereocenters. The van der Waals surface area contributed by atoms with Gasteiger partial charge in [-0.05, 0) is 36.4 Å². The van der Waals surface area contributed by atoms with Crippen molar-refractivity contribution in [3.63, 3.8) is 0 Å². The number of hydrogen-bond acceptors (Lipinski definition) is 4. The Bertz CT molecular complexity index is 605. The zero-order valence-electron chi connectivity index (χ0n) is 9.75. The lowest BCUT2D eigenvalue weighted by molar-refractivity contribution is 0.413. The van der Waals surface area contributed by atoms with Gasteiger partial charge in [0.15, 0.2) is 0 Å². The maximum Gasteiger partial charge on any atom is 0.120 e. The smallest absolute Gasteiger partial charge is 0.120 e. The lowest BCUT2D eigenvalue weighted by atomic mass is 10.2. The molecule has 0 bridgehead atoms. The molecular formula is C14H11NO2S. The second kappa shape index (κ2) is 5.48. The quantitative estimate of drug-likeness (QED) is 0.915. The summed E-state index contributed by atoms with van der Waals surface area (Å²) in [7, 11) is 1.59. The fraction of sp³-hybridized carbons (Fsp3) is 0.0714. The normalized spacial score (nSPS) is 9.78. The predicted octanol–water partition coefficient (Wildman–Crippen LogP) is 3.42. The minimum Gasteiger partial charge on any atom is -0.508 e.